The van der Waals surface area contributed by atoms with Crippen LogP contribution in [-0.4, -0.2) is 41.2 Å². The largest absolute Gasteiger partial charge is 0.462 e. The fourth-order valence-corrected chi connectivity index (χ4v) is 7.11. The van der Waals surface area contributed by atoms with E-state index in [0.717, 1.165) is 12.8 Å². The van der Waals surface area contributed by atoms with Gasteiger partial charge in [-0.2, -0.15) is 0 Å². The third-order valence-electron chi connectivity index (χ3n) is 5.10. The van der Waals surface area contributed by atoms with Crippen LogP contribution in [0.2, 0.25) is 0 Å². The first-order valence-electron chi connectivity index (χ1n) is 8.86. The van der Waals surface area contributed by atoms with Crippen molar-refractivity contribution in [2.75, 3.05) is 0 Å². The standard InChI is InChI=1S/C18H25BO4P2/c20-13(7-6-12-4-2-1-3-5-12)8-9-14-15-10-18(21)23-16(15)11-17(14)24-25-19-22/h1-5,8-9,13-17,19-20,22,24-25H,6-7,10-11H2/b9-8+/t13-,14+,15+,16-,17+/m0/s1. The van der Waals surface area contributed by atoms with Gasteiger partial charge >= 0.3 is 13.2 Å². The number of aliphatic hydroxyl groups is 1. The zero-order valence-corrected chi connectivity index (χ0v) is 16.2. The summed E-state index contributed by atoms with van der Waals surface area (Å²) in [5.41, 5.74) is 1.69. The first kappa shape index (κ1) is 19.0. The number of carbonyl (C=O) groups is 1. The third kappa shape index (κ3) is 5.14. The minimum atomic E-state index is -0.471. The van der Waals surface area contributed by atoms with Crippen LogP contribution >= 0.6 is 16.4 Å². The SMILES string of the molecule is O=C1C[C@@H]2[C@@H](/C=C/[C@@H](O)CCc3ccccc3)[C@H](PPBO)C[C@@H]2O1. The van der Waals surface area contributed by atoms with E-state index in [2.05, 4.69) is 18.2 Å². The predicted molar refractivity (Wildman–Crippen MR) is 106 cm³/mol. The van der Waals surface area contributed by atoms with Crippen molar-refractivity contribution < 1.29 is 19.7 Å². The molecule has 25 heavy (non-hydrogen) atoms. The molecule has 2 fully saturated rings. The minimum absolute atomic E-state index is 0.0320. The highest BCUT2D eigenvalue weighted by atomic mass is 32.0. The number of benzene rings is 1. The molecule has 1 aliphatic heterocycles. The first-order chi connectivity index (χ1) is 12.2. The summed E-state index contributed by atoms with van der Waals surface area (Å²) < 4.78 is 5.45. The average molecular weight is 378 g/mol. The van der Waals surface area contributed by atoms with E-state index >= 15 is 0 Å². The van der Waals surface area contributed by atoms with Crippen LogP contribution in [0.5, 0.6) is 0 Å². The molecule has 0 spiro atoms. The summed E-state index contributed by atoms with van der Waals surface area (Å²) in [4.78, 5) is 11.6. The lowest BCUT2D eigenvalue weighted by molar-refractivity contribution is -0.141. The van der Waals surface area contributed by atoms with Gasteiger partial charge in [-0.1, -0.05) is 42.5 Å². The molecule has 1 saturated carbocycles. The highest BCUT2D eigenvalue weighted by Crippen LogP contribution is 2.54. The van der Waals surface area contributed by atoms with Crippen LogP contribution in [0.4, 0.5) is 0 Å². The van der Waals surface area contributed by atoms with Gasteiger partial charge in [0, 0.05) is 5.92 Å². The molecule has 4 nitrogen and oxygen atoms in total. The third-order valence-corrected chi connectivity index (χ3v) is 8.65. The Balaban J connectivity index is 1.57. The summed E-state index contributed by atoms with van der Waals surface area (Å²) in [5, 5.41) is 19.4. The van der Waals surface area contributed by atoms with Crippen LogP contribution in [0.25, 0.3) is 0 Å². The summed E-state index contributed by atoms with van der Waals surface area (Å²) in [6.45, 7) is 0. The average Bonchev–Trinajstić information content (AvgIpc) is 3.13. The van der Waals surface area contributed by atoms with Crippen molar-refractivity contribution in [2.45, 2.75) is 43.6 Å². The van der Waals surface area contributed by atoms with Crippen molar-refractivity contribution >= 4 is 29.6 Å². The molecule has 2 N–H and O–H groups in total. The van der Waals surface area contributed by atoms with E-state index in [0.29, 0.717) is 34.9 Å². The molecule has 7 atom stereocenters. The Morgan fingerprint density at radius 3 is 2.92 bits per heavy atom. The van der Waals surface area contributed by atoms with E-state index in [1.165, 1.54) is 5.56 Å². The van der Waals surface area contributed by atoms with E-state index < -0.39 is 6.10 Å². The van der Waals surface area contributed by atoms with Gasteiger partial charge in [0.25, 0.3) is 0 Å². The van der Waals surface area contributed by atoms with Crippen LogP contribution in [0, 0.1) is 11.8 Å². The maximum absolute atomic E-state index is 11.6. The molecule has 1 heterocycles. The zero-order valence-electron chi connectivity index (χ0n) is 14.2. The fourth-order valence-electron chi connectivity index (χ4n) is 3.86. The number of fused-ring (bicyclic) bond motifs is 1. The van der Waals surface area contributed by atoms with Gasteiger partial charge in [0.1, 0.15) is 6.10 Å². The second-order valence-electron chi connectivity index (χ2n) is 6.77. The van der Waals surface area contributed by atoms with E-state index in [-0.39, 0.29) is 31.1 Å². The molecule has 2 unspecified atom stereocenters. The number of esters is 1. The first-order valence-corrected chi connectivity index (χ1v) is 12.1. The minimum Gasteiger partial charge on any atom is -0.462 e. The van der Waals surface area contributed by atoms with E-state index in [1.807, 2.05) is 24.3 Å². The Morgan fingerprint density at radius 2 is 2.16 bits per heavy atom. The molecule has 1 saturated heterocycles. The lowest BCUT2D eigenvalue weighted by Crippen LogP contribution is -2.16. The van der Waals surface area contributed by atoms with Crippen molar-refractivity contribution in [1.29, 1.82) is 0 Å². The molecule has 1 aliphatic carbocycles. The van der Waals surface area contributed by atoms with E-state index in [4.69, 9.17) is 9.76 Å². The Labute approximate surface area is 153 Å². The normalized spacial score (nSPS) is 30.6. The van der Waals surface area contributed by atoms with Gasteiger partial charge in [-0.25, -0.2) is 0 Å². The van der Waals surface area contributed by atoms with Gasteiger partial charge in [0.2, 0.25) is 0 Å². The summed E-state index contributed by atoms with van der Waals surface area (Å²) in [6.07, 6.45) is 6.51. The number of rotatable bonds is 8. The van der Waals surface area contributed by atoms with E-state index in [9.17, 15) is 9.90 Å². The van der Waals surface area contributed by atoms with Crippen molar-refractivity contribution in [3.8, 4) is 0 Å². The van der Waals surface area contributed by atoms with Gasteiger partial charge in [-0.15, -0.1) is 16.4 Å². The smallest absolute Gasteiger partial charge is 0.306 e. The number of hydrogen-bond donors (Lipinski definition) is 2. The fraction of sp³-hybridized carbons (Fsp3) is 0.500. The van der Waals surface area contributed by atoms with Gasteiger partial charge in [0.15, 0.2) is 0 Å². The summed E-state index contributed by atoms with van der Waals surface area (Å²) in [5.74, 6) is 0.427. The number of aliphatic hydroxyl groups excluding tert-OH is 1. The molecule has 0 amide bonds. The molecule has 0 radical (unpaired) electrons. The van der Waals surface area contributed by atoms with Crippen molar-refractivity contribution in [1.82, 2.24) is 0 Å². The molecule has 134 valence electrons. The van der Waals surface area contributed by atoms with Crippen LogP contribution in [-0.2, 0) is 16.0 Å². The summed E-state index contributed by atoms with van der Waals surface area (Å²) in [7, 11) is 1.50. The Morgan fingerprint density at radius 1 is 1.36 bits per heavy atom. The monoisotopic (exact) mass is 378 g/mol. The van der Waals surface area contributed by atoms with Crippen molar-refractivity contribution in [3.63, 3.8) is 0 Å². The number of ether oxygens (including phenoxy) is 1. The Bertz CT molecular complexity index is 598. The number of allylic oxidation sites excluding steroid dienone is 1. The molecular weight excluding hydrogens is 353 g/mol. The van der Waals surface area contributed by atoms with Crippen molar-refractivity contribution in [3.05, 3.63) is 48.0 Å². The molecule has 7 heteroatoms. The lowest BCUT2D eigenvalue weighted by Gasteiger charge is -2.19. The van der Waals surface area contributed by atoms with Gasteiger partial charge in [-0.05, 0) is 36.4 Å². The molecule has 2 aliphatic rings. The van der Waals surface area contributed by atoms with Crippen LogP contribution in [0.1, 0.15) is 24.8 Å². The topological polar surface area (TPSA) is 66.8 Å². The van der Waals surface area contributed by atoms with Gasteiger partial charge in [-0.3, -0.25) is 4.79 Å². The lowest BCUT2D eigenvalue weighted by atomic mass is 9.92. The number of hydrogen-bond acceptors (Lipinski definition) is 4. The predicted octanol–water partition coefficient (Wildman–Crippen LogP) is 2.39. The Kier molecular flexibility index (Phi) is 7.07. The second kappa shape index (κ2) is 9.28. The van der Waals surface area contributed by atoms with Crippen molar-refractivity contribution in [2.24, 2.45) is 11.8 Å². The highest BCUT2D eigenvalue weighted by molar-refractivity contribution is 8.24. The molecular formula is C18H25BO4P2. The quantitative estimate of drug-likeness (QED) is 0.316. The van der Waals surface area contributed by atoms with E-state index in [1.54, 1.807) is 0 Å². The van der Waals surface area contributed by atoms with Gasteiger partial charge in [0.05, 0.1) is 12.5 Å². The molecule has 0 aromatic heterocycles. The maximum Gasteiger partial charge on any atom is 0.306 e. The number of carbonyl (C=O) groups excluding carboxylic acids is 1. The second-order valence-corrected chi connectivity index (χ2v) is 10.4. The van der Waals surface area contributed by atoms with Crippen LogP contribution in [0.3, 0.4) is 0 Å². The van der Waals surface area contributed by atoms with Gasteiger partial charge < -0.3 is 14.9 Å². The molecule has 3 rings (SSSR count). The zero-order chi connectivity index (χ0) is 17.6. The highest BCUT2D eigenvalue weighted by Gasteiger charge is 2.48. The van der Waals surface area contributed by atoms with Crippen LogP contribution < -0.4 is 0 Å². The molecule has 1 aromatic rings. The summed E-state index contributed by atoms with van der Waals surface area (Å²) >= 11 is 0. The maximum atomic E-state index is 11.6. The molecule has 1 aromatic carbocycles. The van der Waals surface area contributed by atoms with Crippen LogP contribution in [0.15, 0.2) is 42.5 Å². The molecule has 0 bridgehead atoms. The Hall–Kier alpha value is -0.725. The summed E-state index contributed by atoms with van der Waals surface area (Å²) in [6, 6.07) is 10.2. The number of aryl methyl sites for hydroxylation is 1.